The molecule has 128 valence electrons. The number of hydrogen-bond donors (Lipinski definition) is 2. The Morgan fingerprint density at radius 3 is 2.25 bits per heavy atom. The summed E-state index contributed by atoms with van der Waals surface area (Å²) in [6, 6.07) is 18.8. The van der Waals surface area contributed by atoms with Crippen LogP contribution in [0.15, 0.2) is 60.7 Å². The number of carbonyl (C=O) groups excluding carboxylic acids is 1. The van der Waals surface area contributed by atoms with Crippen molar-refractivity contribution >= 4 is 16.8 Å². The SMILES string of the molecule is O=C(NCCOc1ccccc1)NCC[S@](=O)Cc1ccccc1. The van der Waals surface area contributed by atoms with Crippen molar-refractivity contribution in [3.8, 4) is 5.75 Å². The Morgan fingerprint density at radius 1 is 0.917 bits per heavy atom. The molecule has 0 spiro atoms. The molecule has 2 N–H and O–H groups in total. The number of para-hydroxylation sites is 1. The average Bonchev–Trinajstić information content (AvgIpc) is 2.60. The summed E-state index contributed by atoms with van der Waals surface area (Å²) in [5.74, 6) is 1.72. The van der Waals surface area contributed by atoms with Crippen LogP contribution in [0.1, 0.15) is 5.56 Å². The second-order valence-corrected chi connectivity index (χ2v) is 6.69. The summed E-state index contributed by atoms with van der Waals surface area (Å²) in [5, 5.41) is 5.40. The molecule has 0 heterocycles. The molecule has 0 saturated heterocycles. The Kier molecular flexibility index (Phi) is 7.83. The lowest BCUT2D eigenvalue weighted by Crippen LogP contribution is -2.39. The molecule has 2 amide bonds. The molecule has 0 aromatic heterocycles. The van der Waals surface area contributed by atoms with Crippen molar-refractivity contribution in [2.75, 3.05) is 25.4 Å². The Bertz CT molecular complexity index is 635. The van der Waals surface area contributed by atoms with Crippen molar-refractivity contribution < 1.29 is 13.7 Å². The Labute approximate surface area is 144 Å². The molecule has 0 aliphatic carbocycles. The van der Waals surface area contributed by atoms with Crippen molar-refractivity contribution in [1.29, 1.82) is 0 Å². The summed E-state index contributed by atoms with van der Waals surface area (Å²) in [4.78, 5) is 11.6. The van der Waals surface area contributed by atoms with Crippen LogP contribution in [-0.4, -0.2) is 35.7 Å². The van der Waals surface area contributed by atoms with Crippen molar-refractivity contribution in [3.05, 3.63) is 66.2 Å². The number of rotatable bonds is 9. The van der Waals surface area contributed by atoms with Gasteiger partial charge in [0, 0.05) is 28.9 Å². The smallest absolute Gasteiger partial charge is 0.314 e. The van der Waals surface area contributed by atoms with E-state index in [0.717, 1.165) is 11.3 Å². The number of nitrogens with one attached hydrogen (secondary N) is 2. The molecule has 0 saturated carbocycles. The van der Waals surface area contributed by atoms with Gasteiger partial charge in [0.2, 0.25) is 0 Å². The number of urea groups is 1. The normalized spacial score (nSPS) is 11.5. The lowest BCUT2D eigenvalue weighted by atomic mass is 10.2. The lowest BCUT2D eigenvalue weighted by Gasteiger charge is -2.09. The molecule has 24 heavy (non-hydrogen) atoms. The monoisotopic (exact) mass is 346 g/mol. The zero-order valence-corrected chi connectivity index (χ0v) is 14.3. The number of carbonyl (C=O) groups is 1. The zero-order valence-electron chi connectivity index (χ0n) is 13.4. The molecule has 0 fully saturated rings. The van der Waals surface area contributed by atoms with Crippen molar-refractivity contribution in [1.82, 2.24) is 10.6 Å². The highest BCUT2D eigenvalue weighted by molar-refractivity contribution is 7.84. The molecule has 2 aromatic carbocycles. The maximum atomic E-state index is 11.9. The minimum absolute atomic E-state index is 0.275. The molecule has 0 bridgehead atoms. The number of amides is 2. The van der Waals surface area contributed by atoms with Crippen LogP contribution in [0, 0.1) is 0 Å². The third-order valence-corrected chi connectivity index (χ3v) is 4.50. The van der Waals surface area contributed by atoms with E-state index in [1.165, 1.54) is 0 Å². The van der Waals surface area contributed by atoms with Crippen LogP contribution in [0.25, 0.3) is 0 Å². The maximum Gasteiger partial charge on any atom is 0.314 e. The summed E-state index contributed by atoms with van der Waals surface area (Å²) < 4.78 is 17.4. The molecule has 1 atom stereocenters. The van der Waals surface area contributed by atoms with E-state index in [9.17, 15) is 9.00 Å². The van der Waals surface area contributed by atoms with Gasteiger partial charge in [0.05, 0.1) is 6.54 Å². The van der Waals surface area contributed by atoms with Gasteiger partial charge < -0.3 is 15.4 Å². The van der Waals surface area contributed by atoms with E-state index in [1.807, 2.05) is 60.7 Å². The first kappa shape index (κ1) is 18.0. The van der Waals surface area contributed by atoms with Crippen LogP contribution in [0.3, 0.4) is 0 Å². The Hall–Kier alpha value is -2.34. The average molecular weight is 346 g/mol. The third-order valence-electron chi connectivity index (χ3n) is 3.19. The van der Waals surface area contributed by atoms with Gasteiger partial charge in [0.1, 0.15) is 12.4 Å². The summed E-state index contributed by atoms with van der Waals surface area (Å²) in [6.07, 6.45) is 0. The number of ether oxygens (including phenoxy) is 1. The summed E-state index contributed by atoms with van der Waals surface area (Å²) in [7, 11) is -0.987. The second-order valence-electron chi connectivity index (χ2n) is 5.12. The molecule has 0 aliphatic rings. The first-order chi connectivity index (χ1) is 11.7. The standard InChI is InChI=1S/C18H22N2O3S/c21-18(19-11-13-23-17-9-5-2-6-10-17)20-12-14-24(22)15-16-7-3-1-4-8-16/h1-10H,11-15H2,(H2,19,20,21)/t24-/m0/s1. The zero-order chi connectivity index (χ0) is 17.0. The number of hydrogen-bond acceptors (Lipinski definition) is 3. The van der Waals surface area contributed by atoms with E-state index in [1.54, 1.807) is 0 Å². The molecule has 2 aromatic rings. The van der Waals surface area contributed by atoms with Gasteiger partial charge in [-0.3, -0.25) is 4.21 Å². The van der Waals surface area contributed by atoms with Crippen LogP contribution < -0.4 is 15.4 Å². The molecular weight excluding hydrogens is 324 g/mol. The predicted octanol–water partition coefficient (Wildman–Crippen LogP) is 2.31. The lowest BCUT2D eigenvalue weighted by molar-refractivity contribution is 0.237. The van der Waals surface area contributed by atoms with E-state index in [4.69, 9.17) is 4.74 Å². The van der Waals surface area contributed by atoms with Gasteiger partial charge in [0.25, 0.3) is 0 Å². The van der Waals surface area contributed by atoms with E-state index in [0.29, 0.717) is 31.2 Å². The van der Waals surface area contributed by atoms with Gasteiger partial charge in [0.15, 0.2) is 0 Å². The van der Waals surface area contributed by atoms with E-state index in [-0.39, 0.29) is 6.03 Å². The minimum Gasteiger partial charge on any atom is -0.492 e. The summed E-state index contributed by atoms with van der Waals surface area (Å²) in [5.41, 5.74) is 1.04. The molecule has 2 rings (SSSR count). The highest BCUT2D eigenvalue weighted by Gasteiger charge is 2.04. The van der Waals surface area contributed by atoms with Gasteiger partial charge >= 0.3 is 6.03 Å². The van der Waals surface area contributed by atoms with Gasteiger partial charge in [-0.15, -0.1) is 0 Å². The summed E-state index contributed by atoms with van der Waals surface area (Å²) in [6.45, 7) is 1.19. The fourth-order valence-corrected chi connectivity index (χ4v) is 3.06. The molecular formula is C18H22N2O3S. The molecule has 0 unspecified atom stereocenters. The van der Waals surface area contributed by atoms with Crippen LogP contribution in [0.2, 0.25) is 0 Å². The van der Waals surface area contributed by atoms with Crippen LogP contribution in [-0.2, 0) is 16.6 Å². The molecule has 6 heteroatoms. The highest BCUT2D eigenvalue weighted by atomic mass is 32.2. The second kappa shape index (κ2) is 10.4. The van der Waals surface area contributed by atoms with Crippen LogP contribution in [0.5, 0.6) is 5.75 Å². The van der Waals surface area contributed by atoms with Gasteiger partial charge in [-0.1, -0.05) is 48.5 Å². The van der Waals surface area contributed by atoms with Gasteiger partial charge in [-0.25, -0.2) is 4.79 Å². The van der Waals surface area contributed by atoms with Crippen LogP contribution >= 0.6 is 0 Å². The Balaban J connectivity index is 1.52. The third kappa shape index (κ3) is 7.28. The van der Waals surface area contributed by atoms with Crippen LogP contribution in [0.4, 0.5) is 4.79 Å². The van der Waals surface area contributed by atoms with E-state index >= 15 is 0 Å². The van der Waals surface area contributed by atoms with E-state index in [2.05, 4.69) is 10.6 Å². The minimum atomic E-state index is -0.987. The van der Waals surface area contributed by atoms with E-state index < -0.39 is 10.8 Å². The fourth-order valence-electron chi connectivity index (χ4n) is 2.02. The molecule has 0 aliphatic heterocycles. The predicted molar refractivity (Wildman–Crippen MR) is 96.5 cm³/mol. The molecule has 5 nitrogen and oxygen atoms in total. The quantitative estimate of drug-likeness (QED) is 0.685. The van der Waals surface area contributed by atoms with Gasteiger partial charge in [-0.05, 0) is 17.7 Å². The largest absolute Gasteiger partial charge is 0.492 e. The summed E-state index contributed by atoms with van der Waals surface area (Å²) >= 11 is 0. The first-order valence-corrected chi connectivity index (χ1v) is 9.31. The van der Waals surface area contributed by atoms with Crippen molar-refractivity contribution in [3.63, 3.8) is 0 Å². The maximum absolute atomic E-state index is 11.9. The number of benzene rings is 2. The van der Waals surface area contributed by atoms with Crippen molar-refractivity contribution in [2.24, 2.45) is 0 Å². The Morgan fingerprint density at radius 2 is 1.54 bits per heavy atom. The highest BCUT2D eigenvalue weighted by Crippen LogP contribution is 2.07. The van der Waals surface area contributed by atoms with Crippen molar-refractivity contribution in [2.45, 2.75) is 5.75 Å². The fraction of sp³-hybridized carbons (Fsp3) is 0.278. The molecule has 0 radical (unpaired) electrons. The van der Waals surface area contributed by atoms with Gasteiger partial charge in [-0.2, -0.15) is 0 Å². The topological polar surface area (TPSA) is 67.4 Å². The first-order valence-electron chi connectivity index (χ1n) is 7.82.